The molecule has 3 heteroatoms. The van der Waals surface area contributed by atoms with E-state index in [1.165, 1.54) is 6.42 Å². The van der Waals surface area contributed by atoms with Gasteiger partial charge in [0.15, 0.2) is 0 Å². The minimum atomic E-state index is 0.567. The van der Waals surface area contributed by atoms with Crippen LogP contribution in [0.4, 0.5) is 0 Å². The smallest absolute Gasteiger partial charge is 0.0727 e. The van der Waals surface area contributed by atoms with Gasteiger partial charge in [0, 0.05) is 35.5 Å². The molecule has 8 heavy (non-hydrogen) atoms. The summed E-state index contributed by atoms with van der Waals surface area (Å²) in [6, 6.07) is 0.737. The van der Waals surface area contributed by atoms with Gasteiger partial charge in [0.2, 0.25) is 0 Å². The summed E-state index contributed by atoms with van der Waals surface area (Å²) in [5.74, 6) is 0. The lowest BCUT2D eigenvalue weighted by Gasteiger charge is -2.18. The summed E-state index contributed by atoms with van der Waals surface area (Å²) in [5, 5.41) is 0. The number of hydrogen-bond acceptors (Lipinski definition) is 2. The third-order valence-corrected chi connectivity index (χ3v) is 3.02. The SMILES string of the molecule is IN1CC2CC1CO2. The van der Waals surface area contributed by atoms with Crippen molar-refractivity contribution in [2.45, 2.75) is 18.6 Å². The van der Waals surface area contributed by atoms with Crippen LogP contribution in [0.15, 0.2) is 0 Å². The van der Waals surface area contributed by atoms with Crippen LogP contribution in [0.3, 0.4) is 0 Å². The zero-order chi connectivity index (χ0) is 5.56. The quantitative estimate of drug-likeness (QED) is 0.446. The molecule has 2 unspecified atom stereocenters. The Bertz CT molecular complexity index is 107. The van der Waals surface area contributed by atoms with Crippen LogP contribution in [-0.2, 0) is 4.74 Å². The van der Waals surface area contributed by atoms with Crippen molar-refractivity contribution in [3.05, 3.63) is 0 Å². The van der Waals surface area contributed by atoms with Gasteiger partial charge in [-0.2, -0.15) is 0 Å². The van der Waals surface area contributed by atoms with Crippen molar-refractivity contribution < 1.29 is 4.74 Å². The summed E-state index contributed by atoms with van der Waals surface area (Å²) < 4.78 is 7.73. The molecule has 2 heterocycles. The first-order valence-electron chi connectivity index (χ1n) is 2.90. The number of nitrogens with zero attached hydrogens (tertiary/aromatic N) is 1. The Morgan fingerprint density at radius 2 is 2.50 bits per heavy atom. The summed E-state index contributed by atoms with van der Waals surface area (Å²) in [4.78, 5) is 0. The Morgan fingerprint density at radius 3 is 2.75 bits per heavy atom. The molecular weight excluding hydrogens is 217 g/mol. The van der Waals surface area contributed by atoms with E-state index in [9.17, 15) is 0 Å². The maximum Gasteiger partial charge on any atom is 0.0727 e. The standard InChI is InChI=1S/C5H8INO/c6-7-2-5-1-4(7)3-8-5/h4-5H,1-3H2. The van der Waals surface area contributed by atoms with Crippen LogP contribution < -0.4 is 0 Å². The Hall–Kier alpha value is 0.650. The van der Waals surface area contributed by atoms with Crippen LogP contribution in [0.2, 0.25) is 0 Å². The van der Waals surface area contributed by atoms with E-state index in [0.29, 0.717) is 6.10 Å². The minimum Gasteiger partial charge on any atom is -0.375 e. The Morgan fingerprint density at radius 1 is 1.62 bits per heavy atom. The monoisotopic (exact) mass is 225 g/mol. The van der Waals surface area contributed by atoms with Gasteiger partial charge in [-0.1, -0.05) is 0 Å². The van der Waals surface area contributed by atoms with Crippen molar-refractivity contribution in [2.75, 3.05) is 13.2 Å². The van der Waals surface area contributed by atoms with Crippen LogP contribution in [0, 0.1) is 0 Å². The second-order valence-corrected chi connectivity index (χ2v) is 3.67. The first kappa shape index (κ1) is 5.44. The van der Waals surface area contributed by atoms with E-state index in [0.717, 1.165) is 19.2 Å². The summed E-state index contributed by atoms with van der Waals surface area (Å²) >= 11 is 2.38. The predicted octanol–water partition coefficient (Wildman–Crippen LogP) is 0.810. The lowest BCUT2D eigenvalue weighted by molar-refractivity contribution is 0.0694. The fraction of sp³-hybridized carbons (Fsp3) is 1.00. The molecule has 0 N–H and O–H groups in total. The highest BCUT2D eigenvalue weighted by Gasteiger charge is 2.37. The van der Waals surface area contributed by atoms with Crippen LogP contribution in [0.1, 0.15) is 6.42 Å². The van der Waals surface area contributed by atoms with Gasteiger partial charge in [-0.15, -0.1) is 0 Å². The molecule has 2 rings (SSSR count). The van der Waals surface area contributed by atoms with Gasteiger partial charge in [-0.25, -0.2) is 3.11 Å². The summed E-state index contributed by atoms with van der Waals surface area (Å²) in [7, 11) is 0. The van der Waals surface area contributed by atoms with E-state index in [1.807, 2.05) is 0 Å². The van der Waals surface area contributed by atoms with Gasteiger partial charge in [0.1, 0.15) is 0 Å². The fourth-order valence-electron chi connectivity index (χ4n) is 1.35. The molecular formula is C5H8INO. The zero-order valence-corrected chi connectivity index (χ0v) is 6.67. The second-order valence-electron chi connectivity index (χ2n) is 2.43. The Labute approximate surface area is 62.7 Å². The molecule has 2 fully saturated rings. The normalized spacial score (nSPS) is 46.1. The van der Waals surface area contributed by atoms with Crippen LogP contribution in [-0.4, -0.2) is 28.4 Å². The van der Waals surface area contributed by atoms with E-state index in [1.54, 1.807) is 0 Å². The lowest BCUT2D eigenvalue weighted by atomic mass is 10.3. The summed E-state index contributed by atoms with van der Waals surface area (Å²) in [5.41, 5.74) is 0. The molecule has 2 atom stereocenters. The van der Waals surface area contributed by atoms with Gasteiger partial charge in [0.05, 0.1) is 12.7 Å². The largest absolute Gasteiger partial charge is 0.375 e. The molecule has 2 nitrogen and oxygen atoms in total. The number of fused-ring (bicyclic) bond motifs is 2. The number of ether oxygens (including phenoxy) is 1. The van der Waals surface area contributed by atoms with E-state index in [-0.39, 0.29) is 0 Å². The maximum absolute atomic E-state index is 5.38. The summed E-state index contributed by atoms with van der Waals surface area (Å²) in [6.45, 7) is 2.11. The molecule has 0 amide bonds. The third-order valence-electron chi connectivity index (χ3n) is 1.83. The van der Waals surface area contributed by atoms with E-state index < -0.39 is 0 Å². The van der Waals surface area contributed by atoms with Gasteiger partial charge in [-0.05, 0) is 6.42 Å². The molecule has 0 aromatic rings. The molecule has 0 radical (unpaired) electrons. The van der Waals surface area contributed by atoms with Gasteiger partial charge < -0.3 is 4.74 Å². The minimum absolute atomic E-state index is 0.567. The highest BCUT2D eigenvalue weighted by molar-refractivity contribution is 14.1. The van der Waals surface area contributed by atoms with Crippen LogP contribution in [0.5, 0.6) is 0 Å². The highest BCUT2D eigenvalue weighted by Crippen LogP contribution is 2.29. The van der Waals surface area contributed by atoms with Gasteiger partial charge in [0.25, 0.3) is 0 Å². The van der Waals surface area contributed by atoms with E-state index in [4.69, 9.17) is 4.74 Å². The number of rotatable bonds is 0. The topological polar surface area (TPSA) is 12.5 Å². The lowest BCUT2D eigenvalue weighted by Crippen LogP contribution is -2.28. The van der Waals surface area contributed by atoms with Crippen molar-refractivity contribution in [1.29, 1.82) is 0 Å². The Balaban J connectivity index is 2.11. The number of hydrogen-bond donors (Lipinski definition) is 0. The van der Waals surface area contributed by atoms with E-state index >= 15 is 0 Å². The number of morpholine rings is 1. The van der Waals surface area contributed by atoms with Crippen molar-refractivity contribution in [3.8, 4) is 0 Å². The average Bonchev–Trinajstić information content (AvgIpc) is 2.23. The molecule has 0 aromatic heterocycles. The van der Waals surface area contributed by atoms with Crippen molar-refractivity contribution in [2.24, 2.45) is 0 Å². The predicted molar refractivity (Wildman–Crippen MR) is 38.9 cm³/mol. The van der Waals surface area contributed by atoms with Crippen LogP contribution >= 0.6 is 22.9 Å². The van der Waals surface area contributed by atoms with E-state index in [2.05, 4.69) is 26.0 Å². The average molecular weight is 225 g/mol. The molecule has 2 aliphatic heterocycles. The van der Waals surface area contributed by atoms with Crippen molar-refractivity contribution in [3.63, 3.8) is 0 Å². The molecule has 46 valence electrons. The van der Waals surface area contributed by atoms with Gasteiger partial charge in [-0.3, -0.25) is 0 Å². The maximum atomic E-state index is 5.38. The van der Waals surface area contributed by atoms with Gasteiger partial charge >= 0.3 is 0 Å². The van der Waals surface area contributed by atoms with Crippen LogP contribution in [0.25, 0.3) is 0 Å². The molecule has 0 saturated carbocycles. The third kappa shape index (κ3) is 0.681. The molecule has 0 spiro atoms. The molecule has 2 saturated heterocycles. The second kappa shape index (κ2) is 1.82. The molecule has 0 aliphatic carbocycles. The first-order chi connectivity index (χ1) is 3.86. The molecule has 2 bridgehead atoms. The molecule has 0 aromatic carbocycles. The van der Waals surface area contributed by atoms with Crippen molar-refractivity contribution >= 4 is 22.9 Å². The molecule has 2 aliphatic rings. The van der Waals surface area contributed by atoms with Crippen molar-refractivity contribution in [1.82, 2.24) is 3.11 Å². The number of halogens is 1. The fourth-order valence-corrected chi connectivity index (χ4v) is 2.18. The zero-order valence-electron chi connectivity index (χ0n) is 4.51. The Kier molecular flexibility index (Phi) is 1.23. The highest BCUT2D eigenvalue weighted by atomic mass is 127. The summed E-state index contributed by atoms with van der Waals surface area (Å²) in [6.07, 6.45) is 1.83. The first-order valence-corrected chi connectivity index (χ1v) is 3.87.